The summed E-state index contributed by atoms with van der Waals surface area (Å²) in [5.74, 6) is 0.484. The predicted octanol–water partition coefficient (Wildman–Crippen LogP) is 6.61. The molecule has 0 bridgehead atoms. The highest BCUT2D eigenvalue weighted by molar-refractivity contribution is 7.13. The molecule has 3 rings (SSSR count). The van der Waals surface area contributed by atoms with Gasteiger partial charge in [-0.05, 0) is 74.3 Å². The fourth-order valence-corrected chi connectivity index (χ4v) is 5.24. The number of thiophene rings is 1. The molecule has 0 spiro atoms. The lowest BCUT2D eigenvalue weighted by molar-refractivity contribution is 0.0606. The summed E-state index contributed by atoms with van der Waals surface area (Å²) in [6, 6.07) is 8.83. The van der Waals surface area contributed by atoms with Crippen LogP contribution in [0.4, 0.5) is 4.39 Å². The number of esters is 1. The number of methoxy groups -OCH3 is 1. The van der Waals surface area contributed by atoms with Gasteiger partial charge in [-0.2, -0.15) is 0 Å². The first-order valence-electron chi connectivity index (χ1n) is 9.36. The molecule has 1 aliphatic carbocycles. The van der Waals surface area contributed by atoms with Gasteiger partial charge in [-0.1, -0.05) is 23.2 Å². The highest BCUT2D eigenvalue weighted by Crippen LogP contribution is 2.38. The van der Waals surface area contributed by atoms with Crippen LogP contribution in [0.15, 0.2) is 30.3 Å². The average Bonchev–Trinajstić information content (AvgIpc) is 3.26. The third kappa shape index (κ3) is 5.62. The first-order chi connectivity index (χ1) is 13.5. The number of alkyl halides is 1. The van der Waals surface area contributed by atoms with E-state index >= 15 is 0 Å². The Labute approximate surface area is 178 Å². The Balaban J connectivity index is 1.50. The quantitative estimate of drug-likeness (QED) is 0.429. The molecule has 0 radical (unpaired) electrons. The standard InChI is InChI=1S/C21H23Cl2FO3S/c1-26-21(25)20-8-6-17(28-20)3-2-4-18-13(5-7-19(18)24)12-27-16-10-14(22)9-15(23)11-16/h6,8-11,13,18-19H,2-5,7,12H2,1H3/t13-,18-,19-/m1/s1. The summed E-state index contributed by atoms with van der Waals surface area (Å²) in [6.07, 6.45) is 3.14. The molecule has 0 N–H and O–H groups in total. The van der Waals surface area contributed by atoms with Gasteiger partial charge in [-0.15, -0.1) is 11.3 Å². The minimum Gasteiger partial charge on any atom is -0.493 e. The molecule has 0 amide bonds. The molecule has 152 valence electrons. The number of ether oxygens (including phenoxy) is 2. The monoisotopic (exact) mass is 444 g/mol. The first kappa shape index (κ1) is 21.4. The minimum atomic E-state index is -0.787. The van der Waals surface area contributed by atoms with E-state index in [2.05, 4.69) is 0 Å². The van der Waals surface area contributed by atoms with Gasteiger partial charge in [-0.3, -0.25) is 0 Å². The molecule has 1 aromatic carbocycles. The van der Waals surface area contributed by atoms with Crippen molar-refractivity contribution >= 4 is 40.5 Å². The van der Waals surface area contributed by atoms with Crippen molar-refractivity contribution in [3.63, 3.8) is 0 Å². The summed E-state index contributed by atoms with van der Waals surface area (Å²) in [6.45, 7) is 0.466. The number of carbonyl (C=O) groups excluding carboxylic acids is 1. The highest BCUT2D eigenvalue weighted by Gasteiger charge is 2.36. The lowest BCUT2D eigenvalue weighted by atomic mass is 9.90. The summed E-state index contributed by atoms with van der Waals surface area (Å²) in [5, 5.41) is 1.05. The van der Waals surface area contributed by atoms with E-state index in [1.807, 2.05) is 6.07 Å². The summed E-state index contributed by atoms with van der Waals surface area (Å²) < 4.78 is 25.0. The van der Waals surface area contributed by atoms with Gasteiger partial charge in [0.1, 0.15) is 16.8 Å². The van der Waals surface area contributed by atoms with Crippen LogP contribution in [0.3, 0.4) is 0 Å². The molecule has 3 atom stereocenters. The second kappa shape index (κ2) is 9.95. The largest absolute Gasteiger partial charge is 0.493 e. The molecular formula is C21H23Cl2FO3S. The van der Waals surface area contributed by atoms with Crippen LogP contribution in [-0.4, -0.2) is 25.9 Å². The van der Waals surface area contributed by atoms with E-state index in [0.717, 1.165) is 30.6 Å². The topological polar surface area (TPSA) is 35.5 Å². The molecule has 0 aliphatic heterocycles. The Bertz CT molecular complexity index is 790. The van der Waals surface area contributed by atoms with Crippen molar-refractivity contribution in [1.29, 1.82) is 0 Å². The van der Waals surface area contributed by atoms with Crippen LogP contribution in [0.2, 0.25) is 10.0 Å². The molecule has 28 heavy (non-hydrogen) atoms. The summed E-state index contributed by atoms with van der Waals surface area (Å²) in [7, 11) is 1.38. The predicted molar refractivity (Wildman–Crippen MR) is 112 cm³/mol. The van der Waals surface area contributed by atoms with Crippen molar-refractivity contribution < 1.29 is 18.7 Å². The van der Waals surface area contributed by atoms with Crippen molar-refractivity contribution in [3.05, 3.63) is 50.1 Å². The van der Waals surface area contributed by atoms with Crippen LogP contribution in [-0.2, 0) is 11.2 Å². The number of hydrogen-bond donors (Lipinski definition) is 0. The molecule has 0 saturated heterocycles. The Morgan fingerprint density at radius 2 is 1.96 bits per heavy atom. The van der Waals surface area contributed by atoms with Gasteiger partial charge in [-0.25, -0.2) is 9.18 Å². The fourth-order valence-electron chi connectivity index (χ4n) is 3.77. The number of carbonyl (C=O) groups is 1. The number of hydrogen-bond acceptors (Lipinski definition) is 4. The van der Waals surface area contributed by atoms with Crippen LogP contribution in [0.25, 0.3) is 0 Å². The molecule has 1 fully saturated rings. The molecular weight excluding hydrogens is 422 g/mol. The van der Waals surface area contributed by atoms with Gasteiger partial charge in [0.25, 0.3) is 0 Å². The lowest BCUT2D eigenvalue weighted by Crippen LogP contribution is -2.21. The Kier molecular flexibility index (Phi) is 7.61. The molecule has 1 aromatic heterocycles. The molecule has 1 aliphatic rings. The zero-order valence-corrected chi connectivity index (χ0v) is 18.0. The van der Waals surface area contributed by atoms with E-state index in [0.29, 0.717) is 33.7 Å². The number of aryl methyl sites for hydroxylation is 1. The van der Waals surface area contributed by atoms with Crippen LogP contribution in [0, 0.1) is 11.8 Å². The van der Waals surface area contributed by atoms with Gasteiger partial charge in [0.05, 0.1) is 13.7 Å². The van der Waals surface area contributed by atoms with Crippen molar-refractivity contribution in [1.82, 2.24) is 0 Å². The van der Waals surface area contributed by atoms with Crippen LogP contribution in [0.1, 0.15) is 40.2 Å². The first-order valence-corrected chi connectivity index (χ1v) is 10.9. The fraction of sp³-hybridized carbons (Fsp3) is 0.476. The van der Waals surface area contributed by atoms with Crippen LogP contribution >= 0.6 is 34.5 Å². The van der Waals surface area contributed by atoms with Gasteiger partial charge in [0, 0.05) is 14.9 Å². The maximum absolute atomic E-state index is 14.4. The van der Waals surface area contributed by atoms with Gasteiger partial charge < -0.3 is 9.47 Å². The van der Waals surface area contributed by atoms with E-state index in [1.54, 1.807) is 24.3 Å². The summed E-state index contributed by atoms with van der Waals surface area (Å²) >= 11 is 13.4. The van der Waals surface area contributed by atoms with E-state index < -0.39 is 6.17 Å². The molecule has 1 heterocycles. The van der Waals surface area contributed by atoms with E-state index in [1.165, 1.54) is 18.4 Å². The minimum absolute atomic E-state index is 0.00491. The van der Waals surface area contributed by atoms with Crippen molar-refractivity contribution in [3.8, 4) is 5.75 Å². The molecule has 1 saturated carbocycles. The van der Waals surface area contributed by atoms with Crippen molar-refractivity contribution in [2.24, 2.45) is 11.8 Å². The van der Waals surface area contributed by atoms with Gasteiger partial charge in [0.15, 0.2) is 0 Å². The number of rotatable bonds is 8. The van der Waals surface area contributed by atoms with E-state index in [4.69, 9.17) is 32.7 Å². The maximum atomic E-state index is 14.4. The Morgan fingerprint density at radius 1 is 1.21 bits per heavy atom. The van der Waals surface area contributed by atoms with Crippen molar-refractivity contribution in [2.75, 3.05) is 13.7 Å². The van der Waals surface area contributed by atoms with Crippen LogP contribution in [0.5, 0.6) is 5.75 Å². The third-order valence-corrected chi connectivity index (χ3v) is 6.75. The second-order valence-corrected chi connectivity index (χ2v) is 9.12. The Hall–Kier alpha value is -1.30. The normalized spacial score (nSPS) is 21.6. The van der Waals surface area contributed by atoms with E-state index in [-0.39, 0.29) is 17.8 Å². The molecule has 7 heteroatoms. The maximum Gasteiger partial charge on any atom is 0.348 e. The molecule has 2 aromatic rings. The molecule has 3 nitrogen and oxygen atoms in total. The Morgan fingerprint density at radius 3 is 2.68 bits per heavy atom. The van der Waals surface area contributed by atoms with E-state index in [9.17, 15) is 9.18 Å². The van der Waals surface area contributed by atoms with Crippen LogP contribution < -0.4 is 4.74 Å². The SMILES string of the molecule is COC(=O)c1ccc(CCC[C@@H]2[C@@H](COc3cc(Cl)cc(Cl)c3)CC[C@H]2F)s1. The lowest BCUT2D eigenvalue weighted by Gasteiger charge is -2.21. The zero-order chi connectivity index (χ0) is 20.1. The number of benzene rings is 1. The zero-order valence-electron chi connectivity index (χ0n) is 15.6. The van der Waals surface area contributed by atoms with Gasteiger partial charge in [0.2, 0.25) is 0 Å². The summed E-state index contributed by atoms with van der Waals surface area (Å²) in [4.78, 5) is 13.3. The third-order valence-electron chi connectivity index (χ3n) is 5.19. The summed E-state index contributed by atoms with van der Waals surface area (Å²) in [5.41, 5.74) is 0. The smallest absolute Gasteiger partial charge is 0.348 e. The highest BCUT2D eigenvalue weighted by atomic mass is 35.5. The number of halogens is 3. The van der Waals surface area contributed by atoms with Gasteiger partial charge >= 0.3 is 5.97 Å². The second-order valence-electron chi connectivity index (χ2n) is 7.08. The average molecular weight is 445 g/mol. The van der Waals surface area contributed by atoms with Crippen molar-refractivity contribution in [2.45, 2.75) is 38.3 Å². The molecule has 0 unspecified atom stereocenters.